The molecule has 42 heavy (non-hydrogen) atoms. The molecule has 1 aliphatic rings. The van der Waals surface area contributed by atoms with Gasteiger partial charge >= 0.3 is 6.18 Å². The van der Waals surface area contributed by atoms with Crippen LogP contribution >= 0.6 is 12.6 Å². The molecular formula is C30H48F3N5O3S. The van der Waals surface area contributed by atoms with Gasteiger partial charge in [0.2, 0.25) is 12.3 Å². The number of alkyl halides is 3. The van der Waals surface area contributed by atoms with Gasteiger partial charge in [-0.25, -0.2) is 0 Å². The average molecular weight is 616 g/mol. The molecule has 1 aromatic carbocycles. The number of halogens is 3. The molecule has 0 spiro atoms. The number of likely N-dealkylation sites (N-methyl/N-ethyl adjacent to an activating group) is 1. The molecule has 0 saturated carbocycles. The van der Waals surface area contributed by atoms with Gasteiger partial charge in [0.25, 0.3) is 5.91 Å². The summed E-state index contributed by atoms with van der Waals surface area (Å²) in [5, 5.41) is 5.43. The summed E-state index contributed by atoms with van der Waals surface area (Å²) >= 11 is 4.44. The zero-order chi connectivity index (χ0) is 32.9. The zero-order valence-electron chi connectivity index (χ0n) is 26.5. The molecule has 0 atom stereocenters. The van der Waals surface area contributed by atoms with Gasteiger partial charge in [0.05, 0.1) is 21.9 Å². The number of nitrogens with zero attached hydrogens (tertiary/aromatic N) is 3. The van der Waals surface area contributed by atoms with E-state index in [0.29, 0.717) is 30.2 Å². The maximum Gasteiger partial charge on any atom is 0.418 e. The molecular weight excluding hydrogens is 567 g/mol. The highest BCUT2D eigenvalue weighted by molar-refractivity contribution is 7.84. The highest BCUT2D eigenvalue weighted by Crippen LogP contribution is 2.34. The van der Waals surface area contributed by atoms with Crippen LogP contribution in [0.5, 0.6) is 0 Å². The second-order valence-electron chi connectivity index (χ2n) is 11.1. The minimum Gasteiger partial charge on any atom is -0.382 e. The predicted molar refractivity (Wildman–Crippen MR) is 167 cm³/mol. The Morgan fingerprint density at radius 2 is 1.69 bits per heavy atom. The van der Waals surface area contributed by atoms with Gasteiger partial charge in [0.1, 0.15) is 5.54 Å². The number of para-hydroxylation sites is 1. The van der Waals surface area contributed by atoms with Crippen LogP contribution in [-0.2, 0) is 20.6 Å². The molecule has 0 aromatic heterocycles. The van der Waals surface area contributed by atoms with E-state index in [9.17, 15) is 27.6 Å². The number of hydrogen-bond acceptors (Lipinski definition) is 6. The molecule has 1 heterocycles. The number of rotatable bonds is 8. The first kappa shape index (κ1) is 39.0. The first-order chi connectivity index (χ1) is 19.4. The fourth-order valence-electron chi connectivity index (χ4n) is 3.78. The molecule has 1 aliphatic heterocycles. The Balaban J connectivity index is 0.000000932. The van der Waals surface area contributed by atoms with Crippen molar-refractivity contribution in [2.45, 2.75) is 60.2 Å². The lowest BCUT2D eigenvalue weighted by molar-refractivity contribution is -0.156. The number of benzene rings is 1. The third-order valence-corrected chi connectivity index (χ3v) is 6.52. The lowest BCUT2D eigenvalue weighted by Crippen LogP contribution is -2.65. The van der Waals surface area contributed by atoms with Gasteiger partial charge in [-0.1, -0.05) is 58.9 Å². The average Bonchev–Trinajstić information content (AvgIpc) is 2.90. The molecule has 0 bridgehead atoms. The fraction of sp³-hybridized carbons (Fsp3) is 0.567. The van der Waals surface area contributed by atoms with E-state index in [1.54, 1.807) is 18.0 Å². The van der Waals surface area contributed by atoms with Crippen LogP contribution in [0.1, 0.15) is 54.0 Å². The van der Waals surface area contributed by atoms with Crippen molar-refractivity contribution in [2.24, 2.45) is 5.41 Å². The molecule has 1 saturated heterocycles. The number of carbonyl (C=O) groups is 3. The third-order valence-electron chi connectivity index (χ3n) is 6.06. The summed E-state index contributed by atoms with van der Waals surface area (Å²) in [4.78, 5) is 41.8. The zero-order valence-corrected chi connectivity index (χ0v) is 27.4. The first-order valence-corrected chi connectivity index (χ1v) is 14.2. The van der Waals surface area contributed by atoms with Crippen LogP contribution in [0.3, 0.4) is 0 Å². The lowest BCUT2D eigenvalue weighted by Gasteiger charge is -2.46. The number of piperazine rings is 1. The molecule has 0 radical (unpaired) electrons. The summed E-state index contributed by atoms with van der Waals surface area (Å²) in [5.74, 6) is -0.200. The van der Waals surface area contributed by atoms with E-state index < -0.39 is 17.3 Å². The Morgan fingerprint density at radius 3 is 2.17 bits per heavy atom. The summed E-state index contributed by atoms with van der Waals surface area (Å²) in [5.41, 5.74) is -1.57. The summed E-state index contributed by atoms with van der Waals surface area (Å²) in [6, 6.07) is 4.78. The van der Waals surface area contributed by atoms with Crippen molar-refractivity contribution < 1.29 is 27.6 Å². The van der Waals surface area contributed by atoms with Crippen molar-refractivity contribution in [3.8, 4) is 0 Å². The third kappa shape index (κ3) is 12.1. The van der Waals surface area contributed by atoms with Crippen LogP contribution in [0.25, 0.3) is 0 Å². The second-order valence-corrected chi connectivity index (χ2v) is 11.6. The van der Waals surface area contributed by atoms with E-state index in [4.69, 9.17) is 0 Å². The van der Waals surface area contributed by atoms with Gasteiger partial charge in [-0.3, -0.25) is 14.4 Å². The van der Waals surface area contributed by atoms with Crippen molar-refractivity contribution in [2.75, 3.05) is 52.6 Å². The SMILES string of the molecule is CC.CN/C(S)=C(/C=C/C(C)(C)C)C(=O)N1CCN(CCN(C)C)C(=O)C1(C)C.O=CNc1ccccc1C(F)(F)F. The van der Waals surface area contributed by atoms with Crippen molar-refractivity contribution in [1.29, 1.82) is 0 Å². The van der Waals surface area contributed by atoms with Crippen LogP contribution in [0, 0.1) is 5.41 Å². The second kappa shape index (κ2) is 17.2. The highest BCUT2D eigenvalue weighted by atomic mass is 32.1. The number of amides is 3. The van der Waals surface area contributed by atoms with Crippen LogP contribution in [0.15, 0.2) is 47.0 Å². The van der Waals surface area contributed by atoms with E-state index in [0.717, 1.165) is 12.6 Å². The number of nitrogens with one attached hydrogen (secondary N) is 2. The lowest BCUT2D eigenvalue weighted by atomic mass is 9.93. The van der Waals surface area contributed by atoms with Gasteiger partial charge in [-0.05, 0) is 45.5 Å². The molecule has 2 rings (SSSR count). The predicted octanol–water partition coefficient (Wildman–Crippen LogP) is 5.26. The Morgan fingerprint density at radius 1 is 1.12 bits per heavy atom. The van der Waals surface area contributed by atoms with Crippen LogP contribution in [0.2, 0.25) is 0 Å². The Labute approximate surface area is 254 Å². The van der Waals surface area contributed by atoms with Crippen molar-refractivity contribution in [3.05, 3.63) is 52.6 Å². The van der Waals surface area contributed by atoms with Gasteiger partial charge < -0.3 is 25.3 Å². The maximum atomic E-state index is 13.3. The van der Waals surface area contributed by atoms with Crippen molar-refractivity contribution in [3.63, 3.8) is 0 Å². The molecule has 3 amide bonds. The number of hydrogen-bond donors (Lipinski definition) is 3. The van der Waals surface area contributed by atoms with Gasteiger partial charge in [0.15, 0.2) is 0 Å². The Kier molecular flexibility index (Phi) is 16.0. The summed E-state index contributed by atoms with van der Waals surface area (Å²) < 4.78 is 36.6. The highest BCUT2D eigenvalue weighted by Gasteiger charge is 2.44. The van der Waals surface area contributed by atoms with Crippen LogP contribution < -0.4 is 10.6 Å². The van der Waals surface area contributed by atoms with E-state index in [2.05, 4.69) is 43.6 Å². The molecule has 8 nitrogen and oxygen atoms in total. The molecule has 0 aliphatic carbocycles. The normalized spacial score (nSPS) is 15.7. The molecule has 1 aromatic rings. The van der Waals surface area contributed by atoms with Gasteiger partial charge in [0, 0.05) is 33.2 Å². The smallest absolute Gasteiger partial charge is 0.382 e. The van der Waals surface area contributed by atoms with Crippen LogP contribution in [0.4, 0.5) is 18.9 Å². The van der Waals surface area contributed by atoms with E-state index in [1.165, 1.54) is 18.2 Å². The topological polar surface area (TPSA) is 85.0 Å². The number of thiol groups is 1. The molecule has 238 valence electrons. The maximum absolute atomic E-state index is 13.3. The molecule has 1 fully saturated rings. The Hall–Kier alpha value is -2.99. The van der Waals surface area contributed by atoms with Gasteiger partial charge in [-0.2, -0.15) is 13.2 Å². The quantitative estimate of drug-likeness (QED) is 0.161. The van der Waals surface area contributed by atoms with E-state index in [1.807, 2.05) is 58.1 Å². The summed E-state index contributed by atoms with van der Waals surface area (Å²) in [6.45, 7) is 16.4. The van der Waals surface area contributed by atoms with Crippen molar-refractivity contribution in [1.82, 2.24) is 20.0 Å². The summed E-state index contributed by atoms with van der Waals surface area (Å²) in [7, 11) is 5.70. The number of allylic oxidation sites excluding steroid dienone is 1. The van der Waals surface area contributed by atoms with E-state index in [-0.39, 0.29) is 29.3 Å². The number of carbonyl (C=O) groups excluding carboxylic acids is 3. The fourth-order valence-corrected chi connectivity index (χ4v) is 3.95. The minimum atomic E-state index is -4.44. The molecule has 0 unspecified atom stereocenters. The van der Waals surface area contributed by atoms with Crippen LogP contribution in [-0.4, -0.2) is 85.8 Å². The molecule has 12 heteroatoms. The number of anilines is 1. The Bertz CT molecular complexity index is 1100. The standard InChI is InChI=1S/C20H36N4O2S.C8H6F3NO.C2H6/c1-19(2,3)10-9-15(16(27)21-6)17(25)24-14-13-23(12-11-22(7)8)18(26)20(24,4)5;9-8(10,11)6-3-1-2-4-7(6)12-5-13;1-2/h9-10,21,27H,11-14H2,1-8H3;1-5H,(H,12,13);1-2H3/b10-9+,16-15+;;. The van der Waals surface area contributed by atoms with Crippen molar-refractivity contribution >= 4 is 36.5 Å². The summed E-state index contributed by atoms with van der Waals surface area (Å²) in [6.07, 6.45) is -0.437. The first-order valence-electron chi connectivity index (χ1n) is 13.8. The van der Waals surface area contributed by atoms with E-state index >= 15 is 0 Å². The minimum absolute atomic E-state index is 0.0201. The monoisotopic (exact) mass is 615 g/mol. The molecule has 2 N–H and O–H groups in total. The van der Waals surface area contributed by atoms with Gasteiger partial charge in [-0.15, -0.1) is 12.6 Å². The largest absolute Gasteiger partial charge is 0.418 e.